The Morgan fingerprint density at radius 1 is 1.14 bits per heavy atom. The Bertz CT molecular complexity index is 850. The van der Waals surface area contributed by atoms with Gasteiger partial charge in [-0.2, -0.15) is 0 Å². The summed E-state index contributed by atoms with van der Waals surface area (Å²) in [5.41, 5.74) is 4.62. The van der Waals surface area contributed by atoms with E-state index in [0.29, 0.717) is 5.69 Å². The van der Waals surface area contributed by atoms with Gasteiger partial charge in [-0.25, -0.2) is 4.98 Å². The number of benzene rings is 1. The number of aryl methyl sites for hydroxylation is 1. The van der Waals surface area contributed by atoms with Crippen molar-refractivity contribution >= 4 is 17.2 Å². The van der Waals surface area contributed by atoms with Crippen LogP contribution in [0, 0.1) is 6.92 Å². The fourth-order valence-electron chi connectivity index (χ4n) is 2.94. The number of carbonyl (C=O) groups is 1. The third-order valence-electron chi connectivity index (χ3n) is 4.05. The molecular weight excluding hydrogens is 262 g/mol. The third kappa shape index (κ3) is 1.83. The molecule has 0 aliphatic carbocycles. The van der Waals surface area contributed by atoms with Gasteiger partial charge < -0.3 is 9.30 Å². The lowest BCUT2D eigenvalue weighted by molar-refractivity contribution is 0.0985. The summed E-state index contributed by atoms with van der Waals surface area (Å²) in [5, 5.41) is 0. The highest BCUT2D eigenvalue weighted by Crippen LogP contribution is 2.28. The van der Waals surface area contributed by atoms with Crippen molar-refractivity contribution in [2.45, 2.75) is 13.3 Å². The number of imidazole rings is 1. The van der Waals surface area contributed by atoms with E-state index in [4.69, 9.17) is 0 Å². The number of carbonyl (C=O) groups excluding carboxylic acids is 1. The van der Waals surface area contributed by atoms with Gasteiger partial charge in [0.05, 0.1) is 0 Å². The van der Waals surface area contributed by atoms with Gasteiger partial charge in [0.25, 0.3) is 5.91 Å². The van der Waals surface area contributed by atoms with Crippen molar-refractivity contribution < 1.29 is 4.79 Å². The maximum Gasteiger partial charge on any atom is 0.278 e. The van der Waals surface area contributed by atoms with E-state index in [1.165, 1.54) is 5.56 Å². The SMILES string of the molecule is Cc1cccc2nc(C(=O)N3CCc4ccccc43)cn12. The number of para-hydroxylation sites is 1. The molecule has 3 aromatic rings. The highest BCUT2D eigenvalue weighted by molar-refractivity contribution is 6.06. The molecular formula is C17H15N3O. The predicted molar refractivity (Wildman–Crippen MR) is 81.8 cm³/mol. The molecule has 0 N–H and O–H groups in total. The molecule has 104 valence electrons. The van der Waals surface area contributed by atoms with Crippen LogP contribution in [0.25, 0.3) is 5.65 Å². The van der Waals surface area contributed by atoms with Crippen LogP contribution in [0.4, 0.5) is 5.69 Å². The Morgan fingerprint density at radius 2 is 2.00 bits per heavy atom. The molecule has 1 aliphatic heterocycles. The first kappa shape index (κ1) is 12.1. The monoisotopic (exact) mass is 277 g/mol. The number of amides is 1. The first-order valence-corrected chi connectivity index (χ1v) is 7.08. The highest BCUT2D eigenvalue weighted by Gasteiger charge is 2.26. The van der Waals surface area contributed by atoms with Gasteiger partial charge in [0, 0.05) is 24.1 Å². The van der Waals surface area contributed by atoms with Gasteiger partial charge in [0.1, 0.15) is 11.3 Å². The molecule has 4 heteroatoms. The summed E-state index contributed by atoms with van der Waals surface area (Å²) >= 11 is 0. The Labute approximate surface area is 122 Å². The number of aromatic nitrogens is 2. The minimum atomic E-state index is -0.0250. The van der Waals surface area contributed by atoms with E-state index in [1.54, 1.807) is 0 Å². The fourth-order valence-corrected chi connectivity index (χ4v) is 2.94. The Kier molecular flexibility index (Phi) is 2.57. The molecule has 0 atom stereocenters. The fraction of sp³-hybridized carbons (Fsp3) is 0.176. The summed E-state index contributed by atoms with van der Waals surface area (Å²) in [6.45, 7) is 2.74. The number of pyridine rings is 1. The van der Waals surface area contributed by atoms with Crippen LogP contribution in [-0.4, -0.2) is 21.8 Å². The Hall–Kier alpha value is -2.62. The van der Waals surface area contributed by atoms with E-state index < -0.39 is 0 Å². The van der Waals surface area contributed by atoms with Crippen LogP contribution in [-0.2, 0) is 6.42 Å². The number of rotatable bonds is 1. The van der Waals surface area contributed by atoms with Crippen molar-refractivity contribution in [1.29, 1.82) is 0 Å². The molecule has 0 radical (unpaired) electrons. The van der Waals surface area contributed by atoms with E-state index in [-0.39, 0.29) is 5.91 Å². The van der Waals surface area contributed by atoms with Crippen LogP contribution in [0.1, 0.15) is 21.7 Å². The zero-order valence-corrected chi connectivity index (χ0v) is 11.8. The van der Waals surface area contributed by atoms with Crippen molar-refractivity contribution in [3.8, 4) is 0 Å². The van der Waals surface area contributed by atoms with Crippen molar-refractivity contribution in [2.75, 3.05) is 11.4 Å². The molecule has 0 saturated carbocycles. The van der Waals surface area contributed by atoms with Crippen LogP contribution in [0.2, 0.25) is 0 Å². The molecule has 2 aromatic heterocycles. The average molecular weight is 277 g/mol. The maximum atomic E-state index is 12.7. The first-order valence-electron chi connectivity index (χ1n) is 7.08. The van der Waals surface area contributed by atoms with E-state index in [0.717, 1.165) is 30.0 Å². The number of hydrogen-bond acceptors (Lipinski definition) is 2. The largest absolute Gasteiger partial charge is 0.306 e. The molecule has 3 heterocycles. The summed E-state index contributed by atoms with van der Waals surface area (Å²) in [7, 11) is 0. The lowest BCUT2D eigenvalue weighted by Crippen LogP contribution is -2.29. The van der Waals surface area contributed by atoms with Crippen LogP contribution in [0.15, 0.2) is 48.7 Å². The Balaban J connectivity index is 1.76. The maximum absolute atomic E-state index is 12.7. The van der Waals surface area contributed by atoms with Crippen LogP contribution >= 0.6 is 0 Å². The second kappa shape index (κ2) is 4.45. The Morgan fingerprint density at radius 3 is 2.86 bits per heavy atom. The van der Waals surface area contributed by atoms with Crippen molar-refractivity contribution in [1.82, 2.24) is 9.38 Å². The molecule has 0 saturated heterocycles. The quantitative estimate of drug-likeness (QED) is 0.686. The van der Waals surface area contributed by atoms with Gasteiger partial charge in [0.2, 0.25) is 0 Å². The average Bonchev–Trinajstić information content (AvgIpc) is 3.11. The van der Waals surface area contributed by atoms with Gasteiger partial charge in [0.15, 0.2) is 0 Å². The predicted octanol–water partition coefficient (Wildman–Crippen LogP) is 2.85. The zero-order valence-electron chi connectivity index (χ0n) is 11.8. The third-order valence-corrected chi connectivity index (χ3v) is 4.05. The molecule has 4 rings (SSSR count). The number of hydrogen-bond donors (Lipinski definition) is 0. The minimum absolute atomic E-state index is 0.0250. The second-order valence-corrected chi connectivity index (χ2v) is 5.36. The molecule has 0 spiro atoms. The molecule has 0 bridgehead atoms. The van der Waals surface area contributed by atoms with Crippen LogP contribution in [0.5, 0.6) is 0 Å². The van der Waals surface area contributed by atoms with Crippen molar-refractivity contribution in [3.05, 3.63) is 65.6 Å². The normalized spacial score (nSPS) is 13.7. The topological polar surface area (TPSA) is 37.6 Å². The lowest BCUT2D eigenvalue weighted by atomic mass is 10.2. The molecule has 0 fully saturated rings. The number of nitrogens with zero attached hydrogens (tertiary/aromatic N) is 3. The van der Waals surface area contributed by atoms with E-state index in [1.807, 2.05) is 58.8 Å². The zero-order chi connectivity index (χ0) is 14.4. The van der Waals surface area contributed by atoms with Gasteiger partial charge in [-0.15, -0.1) is 0 Å². The molecule has 0 unspecified atom stereocenters. The number of fused-ring (bicyclic) bond motifs is 2. The van der Waals surface area contributed by atoms with Crippen molar-refractivity contribution in [3.63, 3.8) is 0 Å². The number of anilines is 1. The molecule has 1 amide bonds. The van der Waals surface area contributed by atoms with Crippen molar-refractivity contribution in [2.24, 2.45) is 0 Å². The summed E-state index contributed by atoms with van der Waals surface area (Å²) in [4.78, 5) is 19.0. The summed E-state index contributed by atoms with van der Waals surface area (Å²) in [6.07, 6.45) is 2.74. The summed E-state index contributed by atoms with van der Waals surface area (Å²) in [5.74, 6) is -0.0250. The summed E-state index contributed by atoms with van der Waals surface area (Å²) < 4.78 is 1.95. The minimum Gasteiger partial charge on any atom is -0.306 e. The van der Waals surface area contributed by atoms with Gasteiger partial charge in [-0.1, -0.05) is 24.3 Å². The molecule has 4 nitrogen and oxygen atoms in total. The van der Waals surface area contributed by atoms with E-state index >= 15 is 0 Å². The van der Waals surface area contributed by atoms with Crippen LogP contribution < -0.4 is 4.90 Å². The van der Waals surface area contributed by atoms with Gasteiger partial charge in [-0.05, 0) is 37.1 Å². The smallest absolute Gasteiger partial charge is 0.278 e. The van der Waals surface area contributed by atoms with E-state index in [9.17, 15) is 4.79 Å². The summed E-state index contributed by atoms with van der Waals surface area (Å²) in [6, 6.07) is 13.9. The molecule has 1 aliphatic rings. The highest BCUT2D eigenvalue weighted by atomic mass is 16.2. The second-order valence-electron chi connectivity index (χ2n) is 5.36. The molecule has 21 heavy (non-hydrogen) atoms. The van der Waals surface area contributed by atoms with E-state index in [2.05, 4.69) is 11.1 Å². The van der Waals surface area contributed by atoms with Gasteiger partial charge >= 0.3 is 0 Å². The first-order chi connectivity index (χ1) is 10.2. The molecule has 1 aromatic carbocycles. The van der Waals surface area contributed by atoms with Crippen LogP contribution in [0.3, 0.4) is 0 Å². The lowest BCUT2D eigenvalue weighted by Gasteiger charge is -2.15. The standard InChI is InChI=1S/C17H15N3O/c1-12-5-4-8-16-18-14(11-20(12)16)17(21)19-10-9-13-6-2-3-7-15(13)19/h2-8,11H,9-10H2,1H3. The van der Waals surface area contributed by atoms with Gasteiger partial charge in [-0.3, -0.25) is 4.79 Å².